The average Bonchev–Trinajstić information content (AvgIpc) is 2.87. The van der Waals surface area contributed by atoms with Crippen LogP contribution >= 0.6 is 11.8 Å². The van der Waals surface area contributed by atoms with E-state index < -0.39 is 10.7 Å². The fraction of sp³-hybridized carbons (Fsp3) is 0.107. The number of esters is 1. The zero-order valence-electron chi connectivity index (χ0n) is 17.8. The van der Waals surface area contributed by atoms with Gasteiger partial charge in [0.05, 0.1) is 11.9 Å². The second-order valence-corrected chi connectivity index (χ2v) is 8.60. The molecule has 0 saturated carbocycles. The third kappa shape index (κ3) is 4.27. The van der Waals surface area contributed by atoms with Gasteiger partial charge in [-0.15, -0.1) is 11.8 Å². The van der Waals surface area contributed by atoms with Crippen LogP contribution < -0.4 is 0 Å². The summed E-state index contributed by atoms with van der Waals surface area (Å²) < 4.78 is 4.37. The number of carbonyl (C=O) groups is 1. The molecular formula is C28H24O3S. The summed E-state index contributed by atoms with van der Waals surface area (Å²) in [6.45, 7) is 0. The molecule has 32 heavy (non-hydrogen) atoms. The predicted molar refractivity (Wildman–Crippen MR) is 130 cm³/mol. The van der Waals surface area contributed by atoms with Crippen LogP contribution in [0.15, 0.2) is 109 Å². The molecule has 0 unspecified atom stereocenters. The van der Waals surface area contributed by atoms with Gasteiger partial charge < -0.3 is 9.84 Å². The molecule has 0 amide bonds. The molecule has 0 spiro atoms. The van der Waals surface area contributed by atoms with Gasteiger partial charge in [-0.05, 0) is 34.4 Å². The molecule has 0 bridgehead atoms. The van der Waals surface area contributed by atoms with Crippen molar-refractivity contribution in [3.63, 3.8) is 0 Å². The van der Waals surface area contributed by atoms with E-state index in [0.717, 1.165) is 5.56 Å². The Balaban J connectivity index is 1.83. The summed E-state index contributed by atoms with van der Waals surface area (Å²) in [6.07, 6.45) is 0. The molecule has 4 aromatic rings. The number of ether oxygens (including phenoxy) is 1. The summed E-state index contributed by atoms with van der Waals surface area (Å²) >= 11 is 1.78. The van der Waals surface area contributed by atoms with Gasteiger partial charge in [0.25, 0.3) is 0 Å². The number of phenolic OH excluding ortho intramolecular Hbond substituents is 1. The first-order valence-corrected chi connectivity index (χ1v) is 11.3. The zero-order chi connectivity index (χ0) is 22.4. The lowest BCUT2D eigenvalue weighted by Crippen LogP contribution is -2.25. The topological polar surface area (TPSA) is 46.5 Å². The number of phenols is 1. The van der Waals surface area contributed by atoms with Crippen LogP contribution in [0.25, 0.3) is 0 Å². The van der Waals surface area contributed by atoms with Crippen LogP contribution in [0.4, 0.5) is 0 Å². The number of aromatic hydroxyl groups is 1. The molecule has 3 nitrogen and oxygen atoms in total. The lowest BCUT2D eigenvalue weighted by molar-refractivity contribution is 0.0597. The molecular weight excluding hydrogens is 416 g/mol. The highest BCUT2D eigenvalue weighted by Crippen LogP contribution is 2.49. The number of methoxy groups -OCH3 is 1. The van der Waals surface area contributed by atoms with E-state index in [0.29, 0.717) is 5.75 Å². The molecule has 0 radical (unpaired) electrons. The summed E-state index contributed by atoms with van der Waals surface area (Å²) in [5, 5.41) is 10.1. The Morgan fingerprint density at radius 3 is 1.69 bits per heavy atom. The molecule has 4 aromatic carbocycles. The van der Waals surface area contributed by atoms with Crippen molar-refractivity contribution >= 4 is 17.7 Å². The molecule has 160 valence electrons. The number of hydrogen-bond donors (Lipinski definition) is 1. The maximum absolute atomic E-state index is 12.1. The third-order valence-corrected chi connectivity index (χ3v) is 7.08. The van der Waals surface area contributed by atoms with Crippen molar-refractivity contribution < 1.29 is 14.6 Å². The van der Waals surface area contributed by atoms with Crippen molar-refractivity contribution in [1.29, 1.82) is 0 Å². The highest BCUT2D eigenvalue weighted by atomic mass is 32.2. The Morgan fingerprint density at radius 2 is 1.25 bits per heavy atom. The smallest absolute Gasteiger partial charge is 0.341 e. The number of thioether (sulfide) groups is 1. The second-order valence-electron chi connectivity index (χ2n) is 7.41. The minimum atomic E-state index is -0.546. The number of carbonyl (C=O) groups excluding carboxylic acids is 1. The minimum absolute atomic E-state index is 0.0777. The lowest BCUT2D eigenvalue weighted by Gasteiger charge is -2.35. The molecule has 0 aliphatic carbocycles. The fourth-order valence-corrected chi connectivity index (χ4v) is 5.38. The van der Waals surface area contributed by atoms with Crippen LogP contribution in [-0.4, -0.2) is 18.2 Å². The first-order chi connectivity index (χ1) is 15.6. The monoisotopic (exact) mass is 440 g/mol. The van der Waals surface area contributed by atoms with Crippen LogP contribution in [0, 0.1) is 0 Å². The van der Waals surface area contributed by atoms with Crippen molar-refractivity contribution in [2.75, 3.05) is 7.11 Å². The summed E-state index contributed by atoms with van der Waals surface area (Å²) in [6, 6.07) is 36.5. The zero-order valence-corrected chi connectivity index (χ0v) is 18.6. The first-order valence-electron chi connectivity index (χ1n) is 10.4. The van der Waals surface area contributed by atoms with Gasteiger partial charge in [0.2, 0.25) is 0 Å². The van der Waals surface area contributed by atoms with E-state index in [1.807, 2.05) is 24.3 Å². The van der Waals surface area contributed by atoms with Crippen molar-refractivity contribution in [2.24, 2.45) is 0 Å². The SMILES string of the molecule is COC(=O)c1cc(CSC(c2ccccc2)(c2ccccc2)c2ccccc2)ccc1O. The highest BCUT2D eigenvalue weighted by molar-refractivity contribution is 7.99. The van der Waals surface area contributed by atoms with Crippen molar-refractivity contribution in [1.82, 2.24) is 0 Å². The highest BCUT2D eigenvalue weighted by Gasteiger charge is 2.36. The quantitative estimate of drug-likeness (QED) is 0.267. The fourth-order valence-electron chi connectivity index (χ4n) is 3.91. The van der Waals surface area contributed by atoms with E-state index in [-0.39, 0.29) is 11.3 Å². The Labute approximate surface area is 192 Å². The van der Waals surface area contributed by atoms with Crippen molar-refractivity contribution in [3.8, 4) is 5.75 Å². The Kier molecular flexibility index (Phi) is 6.62. The maximum atomic E-state index is 12.1. The minimum Gasteiger partial charge on any atom is -0.507 e. The van der Waals surface area contributed by atoms with E-state index in [2.05, 4.69) is 72.8 Å². The van der Waals surface area contributed by atoms with Gasteiger partial charge >= 0.3 is 5.97 Å². The number of rotatable bonds is 7. The Morgan fingerprint density at radius 1 is 0.781 bits per heavy atom. The van der Waals surface area contributed by atoms with E-state index >= 15 is 0 Å². The predicted octanol–water partition coefficient (Wildman–Crippen LogP) is 6.40. The summed E-state index contributed by atoms with van der Waals surface area (Å²) in [7, 11) is 1.31. The summed E-state index contributed by atoms with van der Waals surface area (Å²) in [5.41, 5.74) is 4.63. The molecule has 0 fully saturated rings. The van der Waals surface area contributed by atoms with Gasteiger partial charge in [-0.25, -0.2) is 4.79 Å². The van der Waals surface area contributed by atoms with Crippen molar-refractivity contribution in [3.05, 3.63) is 137 Å². The van der Waals surface area contributed by atoms with E-state index in [4.69, 9.17) is 4.74 Å². The van der Waals surface area contributed by atoms with E-state index in [1.165, 1.54) is 23.8 Å². The number of benzene rings is 4. The van der Waals surface area contributed by atoms with Crippen LogP contribution in [0.3, 0.4) is 0 Å². The molecule has 0 atom stereocenters. The molecule has 0 aliphatic heterocycles. The van der Waals surface area contributed by atoms with Gasteiger partial charge in [0, 0.05) is 5.75 Å². The molecule has 4 rings (SSSR count). The normalized spacial score (nSPS) is 11.2. The lowest BCUT2D eigenvalue weighted by atomic mass is 9.84. The van der Waals surface area contributed by atoms with Gasteiger partial charge in [0.15, 0.2) is 0 Å². The third-order valence-electron chi connectivity index (χ3n) is 5.46. The summed E-state index contributed by atoms with van der Waals surface area (Å²) in [5.74, 6) is 0.00370. The van der Waals surface area contributed by atoms with Crippen LogP contribution in [0.5, 0.6) is 5.75 Å². The standard InChI is InChI=1S/C28H24O3S/c1-31-27(30)25-19-21(17-18-26(25)29)20-32-28(22-11-5-2-6-12-22,23-13-7-3-8-14-23)24-15-9-4-10-16-24/h2-19,29H,20H2,1H3. The van der Waals surface area contributed by atoms with Gasteiger partial charge in [0.1, 0.15) is 11.3 Å². The Hall–Kier alpha value is -3.50. The van der Waals surface area contributed by atoms with Crippen molar-refractivity contribution in [2.45, 2.75) is 10.5 Å². The largest absolute Gasteiger partial charge is 0.507 e. The second kappa shape index (κ2) is 9.75. The van der Waals surface area contributed by atoms with Crippen LogP contribution in [-0.2, 0) is 15.2 Å². The molecule has 4 heteroatoms. The molecule has 0 aliphatic rings. The van der Waals surface area contributed by atoms with Gasteiger partial charge in [-0.3, -0.25) is 0 Å². The molecule has 0 aromatic heterocycles. The maximum Gasteiger partial charge on any atom is 0.341 e. The van der Waals surface area contributed by atoms with Gasteiger partial charge in [-0.2, -0.15) is 0 Å². The van der Waals surface area contributed by atoms with Gasteiger partial charge in [-0.1, -0.05) is 97.1 Å². The van der Waals surface area contributed by atoms with Crippen LogP contribution in [0.2, 0.25) is 0 Å². The summed E-state index contributed by atoms with van der Waals surface area (Å²) in [4.78, 5) is 12.1. The van der Waals surface area contributed by atoms with Crippen LogP contribution in [0.1, 0.15) is 32.6 Å². The molecule has 1 N–H and O–H groups in total. The first kappa shape index (κ1) is 21.7. The molecule has 0 heterocycles. The Bertz CT molecular complexity index is 1080. The average molecular weight is 441 g/mol. The van der Waals surface area contributed by atoms with E-state index in [1.54, 1.807) is 23.9 Å². The number of hydrogen-bond acceptors (Lipinski definition) is 4. The van der Waals surface area contributed by atoms with E-state index in [9.17, 15) is 9.90 Å². The molecule has 0 saturated heterocycles.